The van der Waals surface area contributed by atoms with Gasteiger partial charge in [-0.15, -0.1) is 0 Å². The van der Waals surface area contributed by atoms with Crippen molar-refractivity contribution in [2.75, 3.05) is 19.8 Å². The van der Waals surface area contributed by atoms with E-state index in [4.69, 9.17) is 9.47 Å². The predicted molar refractivity (Wildman–Crippen MR) is 96.6 cm³/mol. The molecule has 7 nitrogen and oxygen atoms in total. The first-order chi connectivity index (χ1) is 12.6. The molecule has 4 rings (SSSR count). The molecule has 3 aromatic rings. The highest BCUT2D eigenvalue weighted by Gasteiger charge is 2.27. The highest BCUT2D eigenvalue weighted by atomic mass is 16.7. The maximum Gasteiger partial charge on any atom is 0.271 e. The number of hydrogen-bond acceptors (Lipinski definition) is 4. The van der Waals surface area contributed by atoms with Crippen LogP contribution in [0.3, 0.4) is 0 Å². The summed E-state index contributed by atoms with van der Waals surface area (Å²) in [6.07, 6.45) is 3.21. The van der Waals surface area contributed by atoms with E-state index in [-0.39, 0.29) is 5.91 Å². The second kappa shape index (κ2) is 6.93. The second-order valence-electron chi connectivity index (χ2n) is 6.46. The number of carbonyl (C=O) groups excluding carboxylic acids is 1. The average molecular weight is 354 g/mol. The number of para-hydroxylation sites is 1. The van der Waals surface area contributed by atoms with Gasteiger partial charge in [-0.05, 0) is 12.1 Å². The number of ether oxygens (including phenoxy) is 2. The molecule has 0 saturated carbocycles. The van der Waals surface area contributed by atoms with Crippen molar-refractivity contribution in [1.29, 1.82) is 0 Å². The van der Waals surface area contributed by atoms with Crippen molar-refractivity contribution in [3.63, 3.8) is 0 Å². The van der Waals surface area contributed by atoms with E-state index >= 15 is 0 Å². The fourth-order valence-electron chi connectivity index (χ4n) is 3.29. The van der Waals surface area contributed by atoms with E-state index in [2.05, 4.69) is 4.98 Å². The van der Waals surface area contributed by atoms with E-state index in [1.807, 2.05) is 59.8 Å². The first-order valence-corrected chi connectivity index (χ1v) is 8.66. The van der Waals surface area contributed by atoms with Gasteiger partial charge in [-0.1, -0.05) is 18.2 Å². The van der Waals surface area contributed by atoms with Crippen LogP contribution >= 0.6 is 0 Å². The zero-order valence-corrected chi connectivity index (χ0v) is 15.0. The van der Waals surface area contributed by atoms with Crippen LogP contribution in [-0.4, -0.2) is 51.0 Å². The SMILES string of the molecule is Cn1ccnc1CN(CC1OCCO1)C(=O)c1cc2ccccc2n1C. The smallest absolute Gasteiger partial charge is 0.271 e. The number of imidazole rings is 1. The molecule has 0 unspecified atom stereocenters. The van der Waals surface area contributed by atoms with Crippen molar-refractivity contribution in [2.24, 2.45) is 14.1 Å². The summed E-state index contributed by atoms with van der Waals surface area (Å²) < 4.78 is 15.0. The molecule has 0 N–H and O–H groups in total. The van der Waals surface area contributed by atoms with E-state index in [1.165, 1.54) is 0 Å². The van der Waals surface area contributed by atoms with Gasteiger partial charge >= 0.3 is 0 Å². The van der Waals surface area contributed by atoms with Crippen LogP contribution in [0.25, 0.3) is 10.9 Å². The predicted octanol–water partition coefficient (Wildman–Crippen LogP) is 1.93. The Morgan fingerprint density at radius 3 is 2.73 bits per heavy atom. The Morgan fingerprint density at radius 2 is 2.04 bits per heavy atom. The minimum Gasteiger partial charge on any atom is -0.348 e. The summed E-state index contributed by atoms with van der Waals surface area (Å²) in [5, 5.41) is 1.05. The molecule has 1 amide bonds. The number of aromatic nitrogens is 3. The minimum atomic E-state index is -0.395. The molecular weight excluding hydrogens is 332 g/mol. The molecule has 0 atom stereocenters. The van der Waals surface area contributed by atoms with Gasteiger partial charge in [0.05, 0.1) is 26.3 Å². The average Bonchev–Trinajstić information content (AvgIpc) is 3.37. The molecule has 0 spiro atoms. The third kappa shape index (κ3) is 3.11. The van der Waals surface area contributed by atoms with E-state index in [0.29, 0.717) is 32.0 Å². The zero-order chi connectivity index (χ0) is 18.1. The number of hydrogen-bond donors (Lipinski definition) is 0. The van der Waals surface area contributed by atoms with Gasteiger partial charge in [-0.3, -0.25) is 4.79 Å². The maximum atomic E-state index is 13.3. The summed E-state index contributed by atoms with van der Waals surface area (Å²) in [5.74, 6) is 0.751. The lowest BCUT2D eigenvalue weighted by molar-refractivity contribution is -0.0589. The Labute approximate surface area is 151 Å². The van der Waals surface area contributed by atoms with Crippen molar-refractivity contribution >= 4 is 16.8 Å². The summed E-state index contributed by atoms with van der Waals surface area (Å²) >= 11 is 0. The van der Waals surface area contributed by atoms with Crippen LogP contribution < -0.4 is 0 Å². The van der Waals surface area contributed by atoms with Crippen LogP contribution in [0.1, 0.15) is 16.3 Å². The summed E-state index contributed by atoms with van der Waals surface area (Å²) in [5.41, 5.74) is 1.67. The van der Waals surface area contributed by atoms with Gasteiger partial charge in [0.15, 0.2) is 6.29 Å². The topological polar surface area (TPSA) is 61.5 Å². The molecule has 0 radical (unpaired) electrons. The Kier molecular flexibility index (Phi) is 4.48. The van der Waals surface area contributed by atoms with E-state index in [9.17, 15) is 4.79 Å². The lowest BCUT2D eigenvalue weighted by atomic mass is 10.2. The molecule has 136 valence electrons. The first-order valence-electron chi connectivity index (χ1n) is 8.66. The largest absolute Gasteiger partial charge is 0.348 e. The first kappa shape index (κ1) is 16.8. The molecule has 1 saturated heterocycles. The van der Waals surface area contributed by atoms with Gasteiger partial charge in [-0.25, -0.2) is 4.98 Å². The van der Waals surface area contributed by atoms with Gasteiger partial charge < -0.3 is 23.5 Å². The highest BCUT2D eigenvalue weighted by Crippen LogP contribution is 2.21. The van der Waals surface area contributed by atoms with Gasteiger partial charge in [0.1, 0.15) is 11.5 Å². The normalized spacial score (nSPS) is 15.0. The van der Waals surface area contributed by atoms with Crippen LogP contribution in [0.2, 0.25) is 0 Å². The number of amides is 1. The van der Waals surface area contributed by atoms with Gasteiger partial charge in [0.2, 0.25) is 0 Å². The highest BCUT2D eigenvalue weighted by molar-refractivity contribution is 5.98. The Balaban J connectivity index is 1.65. The van der Waals surface area contributed by atoms with E-state index in [1.54, 1.807) is 11.1 Å². The summed E-state index contributed by atoms with van der Waals surface area (Å²) in [4.78, 5) is 19.4. The third-order valence-electron chi connectivity index (χ3n) is 4.77. The molecular formula is C19H22N4O3. The van der Waals surface area contributed by atoms with Crippen LogP contribution in [0, 0.1) is 0 Å². The fraction of sp³-hybridized carbons (Fsp3) is 0.368. The summed E-state index contributed by atoms with van der Waals surface area (Å²) in [6.45, 7) is 1.88. The number of rotatable bonds is 5. The summed E-state index contributed by atoms with van der Waals surface area (Å²) in [6, 6.07) is 9.90. The molecule has 0 aliphatic carbocycles. The monoisotopic (exact) mass is 354 g/mol. The van der Waals surface area contributed by atoms with Crippen LogP contribution in [0.4, 0.5) is 0 Å². The number of fused-ring (bicyclic) bond motifs is 1. The van der Waals surface area contributed by atoms with Crippen LogP contribution in [0.5, 0.6) is 0 Å². The van der Waals surface area contributed by atoms with Crippen molar-refractivity contribution in [2.45, 2.75) is 12.8 Å². The van der Waals surface area contributed by atoms with Crippen molar-refractivity contribution in [3.05, 3.63) is 54.2 Å². The zero-order valence-electron chi connectivity index (χ0n) is 15.0. The molecule has 1 aliphatic rings. The van der Waals surface area contributed by atoms with E-state index < -0.39 is 6.29 Å². The van der Waals surface area contributed by atoms with Crippen LogP contribution in [0.15, 0.2) is 42.7 Å². The van der Waals surface area contributed by atoms with Gasteiger partial charge in [-0.2, -0.15) is 0 Å². The molecule has 0 bridgehead atoms. The van der Waals surface area contributed by atoms with Gasteiger partial charge in [0.25, 0.3) is 5.91 Å². The lowest BCUT2D eigenvalue weighted by Gasteiger charge is -2.25. The molecule has 26 heavy (non-hydrogen) atoms. The number of carbonyl (C=O) groups is 1. The molecule has 2 aromatic heterocycles. The second-order valence-corrected chi connectivity index (χ2v) is 6.46. The van der Waals surface area contributed by atoms with Crippen molar-refractivity contribution < 1.29 is 14.3 Å². The fourth-order valence-corrected chi connectivity index (χ4v) is 3.29. The maximum absolute atomic E-state index is 13.3. The van der Waals surface area contributed by atoms with Crippen molar-refractivity contribution in [1.82, 2.24) is 19.0 Å². The summed E-state index contributed by atoms with van der Waals surface area (Å²) in [7, 11) is 3.83. The lowest BCUT2D eigenvalue weighted by Crippen LogP contribution is -2.39. The number of aryl methyl sites for hydroxylation is 2. The van der Waals surface area contributed by atoms with E-state index in [0.717, 1.165) is 16.7 Å². The standard InChI is InChI=1S/C19H22N4O3/c1-21-8-7-20-17(21)12-23(13-18-25-9-10-26-18)19(24)16-11-14-5-3-4-6-15(14)22(16)2/h3-8,11,18H,9-10,12-13H2,1-2H3. The molecule has 1 fully saturated rings. The quantitative estimate of drug-likeness (QED) is 0.702. The number of nitrogens with zero attached hydrogens (tertiary/aromatic N) is 4. The van der Waals surface area contributed by atoms with Crippen LogP contribution in [-0.2, 0) is 30.1 Å². The molecule has 7 heteroatoms. The third-order valence-corrected chi connectivity index (χ3v) is 4.77. The Morgan fingerprint density at radius 1 is 1.27 bits per heavy atom. The number of benzene rings is 1. The Hall–Kier alpha value is -2.64. The Bertz CT molecular complexity index is 924. The van der Waals surface area contributed by atoms with Crippen molar-refractivity contribution in [3.8, 4) is 0 Å². The van der Waals surface area contributed by atoms with Gasteiger partial charge in [0, 0.05) is 37.4 Å². The minimum absolute atomic E-state index is 0.0641. The molecule has 3 heterocycles. The molecule has 1 aliphatic heterocycles. The molecule has 1 aromatic carbocycles.